The molecular formula is C14H13N7O3. The largest absolute Gasteiger partial charge is 0.461 e. The maximum atomic E-state index is 12.3. The number of esters is 1. The van der Waals surface area contributed by atoms with Crippen LogP contribution < -0.4 is 10.7 Å². The Morgan fingerprint density at radius 1 is 1.42 bits per heavy atom. The zero-order chi connectivity index (χ0) is 16.5. The first-order valence-corrected chi connectivity index (χ1v) is 7.26. The van der Waals surface area contributed by atoms with Gasteiger partial charge in [-0.25, -0.2) is 4.79 Å². The van der Waals surface area contributed by atoms with Crippen LogP contribution in [0.1, 0.15) is 16.2 Å². The fraction of sp³-hybridized carbons (Fsp3) is 0.214. The van der Waals surface area contributed by atoms with Crippen LogP contribution in [-0.2, 0) is 16.1 Å². The minimum Gasteiger partial charge on any atom is -0.461 e. The number of para-hydroxylation sites is 1. The predicted molar refractivity (Wildman–Crippen MR) is 81.4 cm³/mol. The van der Waals surface area contributed by atoms with Crippen molar-refractivity contribution >= 4 is 22.8 Å². The van der Waals surface area contributed by atoms with Gasteiger partial charge in [-0.2, -0.15) is 9.89 Å². The quantitative estimate of drug-likeness (QED) is 0.542. The number of carbonyl (C=O) groups excluding carboxylic acids is 2. The van der Waals surface area contributed by atoms with Crippen molar-refractivity contribution in [2.45, 2.75) is 12.6 Å². The number of hydrogen-bond donors (Lipinski definition) is 3. The molecule has 122 valence electrons. The van der Waals surface area contributed by atoms with Gasteiger partial charge in [-0.05, 0) is 11.3 Å². The van der Waals surface area contributed by atoms with E-state index >= 15 is 0 Å². The predicted octanol–water partition coefficient (Wildman–Crippen LogP) is -0.447. The lowest BCUT2D eigenvalue weighted by atomic mass is 10.2. The van der Waals surface area contributed by atoms with Crippen molar-refractivity contribution in [1.82, 2.24) is 30.6 Å². The molecule has 10 heteroatoms. The summed E-state index contributed by atoms with van der Waals surface area (Å²) in [6.07, 6.45) is 1.59. The van der Waals surface area contributed by atoms with Gasteiger partial charge in [0.2, 0.25) is 0 Å². The molecule has 10 nitrogen and oxygen atoms in total. The molecule has 0 bridgehead atoms. The van der Waals surface area contributed by atoms with Gasteiger partial charge in [0.1, 0.15) is 12.3 Å². The first-order chi connectivity index (χ1) is 11.7. The van der Waals surface area contributed by atoms with Crippen LogP contribution in [0.25, 0.3) is 10.9 Å². The van der Waals surface area contributed by atoms with Crippen LogP contribution in [0, 0.1) is 0 Å². The van der Waals surface area contributed by atoms with Gasteiger partial charge < -0.3 is 10.1 Å². The highest BCUT2D eigenvalue weighted by atomic mass is 16.6. The summed E-state index contributed by atoms with van der Waals surface area (Å²) in [5.41, 5.74) is 4.49. The molecule has 1 unspecified atom stereocenters. The molecule has 0 aliphatic carbocycles. The highest BCUT2D eigenvalue weighted by Crippen LogP contribution is 2.14. The molecule has 0 spiro atoms. The Labute approximate surface area is 135 Å². The molecule has 1 atom stereocenters. The zero-order valence-electron chi connectivity index (χ0n) is 12.4. The minimum atomic E-state index is -0.412. The molecule has 1 fully saturated rings. The number of cyclic esters (lactones) is 1. The van der Waals surface area contributed by atoms with E-state index in [0.717, 1.165) is 10.9 Å². The number of aromatic nitrogens is 5. The lowest BCUT2D eigenvalue weighted by Gasteiger charge is -2.25. The van der Waals surface area contributed by atoms with E-state index in [1.807, 2.05) is 24.3 Å². The number of carbonyl (C=O) groups is 2. The zero-order valence-corrected chi connectivity index (χ0v) is 12.4. The van der Waals surface area contributed by atoms with E-state index in [9.17, 15) is 9.59 Å². The second-order valence-corrected chi connectivity index (χ2v) is 5.27. The van der Waals surface area contributed by atoms with Crippen molar-refractivity contribution in [1.29, 1.82) is 0 Å². The summed E-state index contributed by atoms with van der Waals surface area (Å²) in [6, 6.07) is 6.97. The normalized spacial score (nSPS) is 16.5. The summed E-state index contributed by atoms with van der Waals surface area (Å²) >= 11 is 0. The molecule has 1 aliphatic heterocycles. The van der Waals surface area contributed by atoms with Gasteiger partial charge in [0.05, 0.1) is 18.3 Å². The van der Waals surface area contributed by atoms with Crippen molar-refractivity contribution < 1.29 is 14.3 Å². The third-order valence-corrected chi connectivity index (χ3v) is 3.62. The molecule has 3 N–H and O–H groups in total. The molecule has 1 aliphatic rings. The Balaban J connectivity index is 1.39. The van der Waals surface area contributed by atoms with Gasteiger partial charge >= 0.3 is 5.97 Å². The van der Waals surface area contributed by atoms with E-state index in [2.05, 4.69) is 36.0 Å². The molecule has 0 radical (unpaired) electrons. The molecule has 4 rings (SSSR count). The smallest absolute Gasteiger partial charge is 0.333 e. The topological polar surface area (TPSA) is 127 Å². The molecule has 3 heterocycles. The van der Waals surface area contributed by atoms with Crippen LogP contribution in [0.5, 0.6) is 0 Å². The lowest BCUT2D eigenvalue weighted by molar-refractivity contribution is -0.160. The van der Waals surface area contributed by atoms with Gasteiger partial charge in [0.25, 0.3) is 5.91 Å². The van der Waals surface area contributed by atoms with E-state index < -0.39 is 6.04 Å². The molecule has 1 amide bonds. The number of nitrogens with one attached hydrogen (secondary N) is 3. The maximum Gasteiger partial charge on any atom is 0.333 e. The van der Waals surface area contributed by atoms with Crippen LogP contribution in [0.15, 0.2) is 30.5 Å². The van der Waals surface area contributed by atoms with Crippen molar-refractivity contribution in [3.8, 4) is 0 Å². The van der Waals surface area contributed by atoms with Crippen LogP contribution in [-0.4, -0.2) is 49.8 Å². The monoisotopic (exact) mass is 327 g/mol. The van der Waals surface area contributed by atoms with Crippen LogP contribution in [0.4, 0.5) is 0 Å². The van der Waals surface area contributed by atoms with Crippen molar-refractivity contribution in [3.05, 3.63) is 41.9 Å². The van der Waals surface area contributed by atoms with Gasteiger partial charge in [0.15, 0.2) is 11.7 Å². The maximum absolute atomic E-state index is 12.3. The van der Waals surface area contributed by atoms with E-state index in [1.54, 1.807) is 6.20 Å². The summed E-state index contributed by atoms with van der Waals surface area (Å²) in [5, 5.41) is 18.1. The molecule has 1 saturated heterocycles. The van der Waals surface area contributed by atoms with E-state index in [0.29, 0.717) is 18.0 Å². The summed E-state index contributed by atoms with van der Waals surface area (Å²) in [4.78, 5) is 24.7. The number of H-pyrrole nitrogens is 1. The number of fused-ring (bicyclic) bond motifs is 1. The second-order valence-electron chi connectivity index (χ2n) is 5.27. The number of aromatic amines is 1. The Hall–Kier alpha value is -3.43. The fourth-order valence-corrected chi connectivity index (χ4v) is 2.32. The van der Waals surface area contributed by atoms with E-state index in [-0.39, 0.29) is 18.4 Å². The van der Waals surface area contributed by atoms with Crippen LogP contribution >= 0.6 is 0 Å². The van der Waals surface area contributed by atoms with Gasteiger partial charge in [-0.3, -0.25) is 15.3 Å². The summed E-state index contributed by atoms with van der Waals surface area (Å²) in [7, 11) is 0. The standard InChI is InChI=1S/C14H13N7O3/c22-13(12-9-3-1-2-4-10(9)17-18-12)15-5-8-6-21(20-16-8)19-11-7-24-14(11)23/h1-4,6,11,19H,5,7H2,(H,15,22)(H,17,18). The second kappa shape index (κ2) is 5.65. The van der Waals surface area contributed by atoms with Crippen molar-refractivity contribution in [3.63, 3.8) is 0 Å². The third kappa shape index (κ3) is 2.53. The SMILES string of the molecule is O=C(NCc1cn(NC2COC2=O)nn1)c1n[nH]c2ccccc12. The number of ether oxygens (including phenoxy) is 1. The highest BCUT2D eigenvalue weighted by molar-refractivity contribution is 6.04. The molecule has 1 aromatic carbocycles. The van der Waals surface area contributed by atoms with Crippen molar-refractivity contribution in [2.24, 2.45) is 0 Å². The molecule has 24 heavy (non-hydrogen) atoms. The van der Waals surface area contributed by atoms with Gasteiger partial charge in [-0.1, -0.05) is 18.2 Å². The minimum absolute atomic E-state index is 0.191. The number of nitrogens with zero attached hydrogens (tertiary/aromatic N) is 4. The number of rotatable bonds is 5. The first-order valence-electron chi connectivity index (χ1n) is 7.26. The fourth-order valence-electron chi connectivity index (χ4n) is 2.32. The summed E-state index contributed by atoms with van der Waals surface area (Å²) < 4.78 is 4.65. The first kappa shape index (κ1) is 14.2. The average molecular weight is 327 g/mol. The Kier molecular flexibility index (Phi) is 3.34. The Bertz CT molecular complexity index is 916. The highest BCUT2D eigenvalue weighted by Gasteiger charge is 2.31. The van der Waals surface area contributed by atoms with Crippen LogP contribution in [0.2, 0.25) is 0 Å². The molecular weight excluding hydrogens is 314 g/mol. The molecule has 2 aromatic heterocycles. The molecule has 0 saturated carbocycles. The van der Waals surface area contributed by atoms with Gasteiger partial charge in [-0.15, -0.1) is 5.10 Å². The molecule has 3 aromatic rings. The van der Waals surface area contributed by atoms with E-state index in [1.165, 1.54) is 4.79 Å². The Morgan fingerprint density at radius 3 is 3.08 bits per heavy atom. The van der Waals surface area contributed by atoms with Gasteiger partial charge in [0, 0.05) is 5.39 Å². The summed E-state index contributed by atoms with van der Waals surface area (Å²) in [5.74, 6) is -0.636. The third-order valence-electron chi connectivity index (χ3n) is 3.62. The summed E-state index contributed by atoms with van der Waals surface area (Å²) in [6.45, 7) is 0.494. The number of benzene rings is 1. The van der Waals surface area contributed by atoms with Crippen molar-refractivity contribution in [2.75, 3.05) is 12.0 Å². The number of hydrogen-bond acceptors (Lipinski definition) is 7. The van der Waals surface area contributed by atoms with E-state index in [4.69, 9.17) is 0 Å². The van der Waals surface area contributed by atoms with Crippen LogP contribution in [0.3, 0.4) is 0 Å². The lowest BCUT2D eigenvalue weighted by Crippen LogP contribution is -2.49. The average Bonchev–Trinajstić information content (AvgIpc) is 3.23. The Morgan fingerprint density at radius 2 is 2.29 bits per heavy atom. The number of amides is 1.